The first-order chi connectivity index (χ1) is 6.43. The second-order valence-corrected chi connectivity index (χ2v) is 5.80. The van der Waals surface area contributed by atoms with Crippen molar-refractivity contribution in [1.29, 1.82) is 0 Å². The molecule has 0 saturated carbocycles. The van der Waals surface area contributed by atoms with Gasteiger partial charge in [0.2, 0.25) is 0 Å². The largest absolute Gasteiger partial charge is 0.382 e. The molecule has 2 heterocycles. The van der Waals surface area contributed by atoms with Crippen LogP contribution in [0, 0.1) is 0 Å². The molecule has 0 amide bonds. The highest BCUT2D eigenvalue weighted by Gasteiger charge is 2.44. The predicted octanol–water partition coefficient (Wildman–Crippen LogP) is -1.18. The van der Waals surface area contributed by atoms with Gasteiger partial charge < -0.3 is 5.11 Å². The molecule has 6 nitrogen and oxygen atoms in total. The Kier molecular flexibility index (Phi) is 1.90. The average molecular weight is 217 g/mol. The molecule has 0 bridgehead atoms. The number of sulfone groups is 1. The van der Waals surface area contributed by atoms with E-state index in [9.17, 15) is 13.5 Å². The molecule has 14 heavy (non-hydrogen) atoms. The normalized spacial score (nSPS) is 30.7. The van der Waals surface area contributed by atoms with E-state index in [4.69, 9.17) is 0 Å². The van der Waals surface area contributed by atoms with E-state index in [1.807, 2.05) is 0 Å². The van der Waals surface area contributed by atoms with Gasteiger partial charge in [0.05, 0.1) is 23.4 Å². The standard InChI is InChI=1S/C7H11N3O3S/c1-10-6(4-8-9-10)7(11)2-3-14(12,13)5-7/h4,11H,2-3,5H2,1H3. The maximum atomic E-state index is 11.2. The molecule has 1 saturated heterocycles. The Balaban J connectivity index is 2.41. The maximum absolute atomic E-state index is 11.2. The Bertz CT molecular complexity index is 453. The number of aliphatic hydroxyl groups is 1. The van der Waals surface area contributed by atoms with Gasteiger partial charge in [-0.1, -0.05) is 5.21 Å². The smallest absolute Gasteiger partial charge is 0.153 e. The molecule has 1 aliphatic rings. The van der Waals surface area contributed by atoms with Crippen LogP contribution in [0.25, 0.3) is 0 Å². The zero-order chi connectivity index (χ0) is 10.4. The Hall–Kier alpha value is -0.950. The Morgan fingerprint density at radius 3 is 2.79 bits per heavy atom. The Labute approximate surface area is 81.5 Å². The van der Waals surface area contributed by atoms with E-state index < -0.39 is 15.4 Å². The van der Waals surface area contributed by atoms with E-state index in [1.165, 1.54) is 10.9 Å². The van der Waals surface area contributed by atoms with E-state index in [-0.39, 0.29) is 17.9 Å². The van der Waals surface area contributed by atoms with E-state index in [0.29, 0.717) is 5.69 Å². The lowest BCUT2D eigenvalue weighted by Gasteiger charge is -2.19. The van der Waals surface area contributed by atoms with Crippen molar-refractivity contribution in [1.82, 2.24) is 15.0 Å². The third-order valence-corrected chi connectivity index (χ3v) is 4.22. The van der Waals surface area contributed by atoms with Gasteiger partial charge in [-0.15, -0.1) is 5.10 Å². The van der Waals surface area contributed by atoms with Crippen LogP contribution in [0.1, 0.15) is 12.1 Å². The molecular formula is C7H11N3O3S. The number of rotatable bonds is 1. The van der Waals surface area contributed by atoms with Crippen molar-refractivity contribution in [2.24, 2.45) is 7.05 Å². The summed E-state index contributed by atoms with van der Waals surface area (Å²) in [6.45, 7) is 0. The minimum absolute atomic E-state index is 0.0225. The summed E-state index contributed by atoms with van der Waals surface area (Å²) < 4.78 is 23.9. The van der Waals surface area contributed by atoms with Gasteiger partial charge in [0.15, 0.2) is 9.84 Å². The number of hydrogen-bond donors (Lipinski definition) is 1. The van der Waals surface area contributed by atoms with Gasteiger partial charge in [-0.05, 0) is 6.42 Å². The van der Waals surface area contributed by atoms with Gasteiger partial charge in [0.25, 0.3) is 0 Å². The lowest BCUT2D eigenvalue weighted by molar-refractivity contribution is 0.0565. The number of aryl methyl sites for hydroxylation is 1. The van der Waals surface area contributed by atoms with Crippen LogP contribution in [-0.2, 0) is 22.5 Å². The molecule has 1 aromatic rings. The topological polar surface area (TPSA) is 85.1 Å². The molecule has 78 valence electrons. The summed E-state index contributed by atoms with van der Waals surface area (Å²) in [5.74, 6) is -0.212. The third kappa shape index (κ3) is 1.42. The Morgan fingerprint density at radius 1 is 1.64 bits per heavy atom. The van der Waals surface area contributed by atoms with Gasteiger partial charge >= 0.3 is 0 Å². The molecular weight excluding hydrogens is 206 g/mol. The molecule has 1 aliphatic heterocycles. The summed E-state index contributed by atoms with van der Waals surface area (Å²) >= 11 is 0. The lowest BCUT2D eigenvalue weighted by atomic mass is 10.0. The molecule has 1 fully saturated rings. The monoisotopic (exact) mass is 217 g/mol. The Morgan fingerprint density at radius 2 is 2.36 bits per heavy atom. The van der Waals surface area contributed by atoms with E-state index in [0.717, 1.165) is 0 Å². The molecule has 1 aromatic heterocycles. The fourth-order valence-corrected chi connectivity index (χ4v) is 3.56. The van der Waals surface area contributed by atoms with E-state index in [2.05, 4.69) is 10.3 Å². The predicted molar refractivity (Wildman–Crippen MR) is 48.2 cm³/mol. The summed E-state index contributed by atoms with van der Waals surface area (Å²) in [5.41, 5.74) is -0.851. The molecule has 0 aliphatic carbocycles. The molecule has 0 radical (unpaired) electrons. The van der Waals surface area contributed by atoms with Crippen LogP contribution in [0.4, 0.5) is 0 Å². The second-order valence-electron chi connectivity index (χ2n) is 3.62. The van der Waals surface area contributed by atoms with Crippen LogP contribution >= 0.6 is 0 Å². The third-order valence-electron chi connectivity index (χ3n) is 2.48. The van der Waals surface area contributed by atoms with Crippen molar-refractivity contribution < 1.29 is 13.5 Å². The lowest BCUT2D eigenvalue weighted by Crippen LogP contribution is -2.29. The van der Waals surface area contributed by atoms with Crippen LogP contribution in [0.2, 0.25) is 0 Å². The number of hydrogen-bond acceptors (Lipinski definition) is 5. The van der Waals surface area contributed by atoms with Crippen molar-refractivity contribution in [3.8, 4) is 0 Å². The van der Waals surface area contributed by atoms with Crippen molar-refractivity contribution >= 4 is 9.84 Å². The van der Waals surface area contributed by atoms with Crippen molar-refractivity contribution in [2.75, 3.05) is 11.5 Å². The highest BCUT2D eigenvalue weighted by molar-refractivity contribution is 7.91. The van der Waals surface area contributed by atoms with E-state index in [1.54, 1.807) is 7.05 Å². The summed E-state index contributed by atoms with van der Waals surface area (Å²) in [7, 11) is -1.49. The van der Waals surface area contributed by atoms with Gasteiger partial charge in [0, 0.05) is 7.05 Å². The maximum Gasteiger partial charge on any atom is 0.153 e. The fourth-order valence-electron chi connectivity index (χ4n) is 1.75. The SMILES string of the molecule is Cn1nncc1C1(O)CCS(=O)(=O)C1. The first-order valence-electron chi connectivity index (χ1n) is 4.21. The number of aromatic nitrogens is 3. The zero-order valence-corrected chi connectivity index (χ0v) is 8.53. The molecule has 7 heteroatoms. The van der Waals surface area contributed by atoms with Gasteiger partial charge in [-0.25, -0.2) is 13.1 Å². The minimum Gasteiger partial charge on any atom is -0.382 e. The van der Waals surface area contributed by atoms with Crippen LogP contribution in [0.15, 0.2) is 6.20 Å². The minimum atomic E-state index is -3.12. The van der Waals surface area contributed by atoms with Crippen molar-refractivity contribution in [2.45, 2.75) is 12.0 Å². The quantitative estimate of drug-likeness (QED) is 0.640. The van der Waals surface area contributed by atoms with Crippen LogP contribution in [0.3, 0.4) is 0 Å². The van der Waals surface area contributed by atoms with Crippen molar-refractivity contribution in [3.05, 3.63) is 11.9 Å². The number of nitrogens with zero attached hydrogens (tertiary/aromatic N) is 3. The summed E-state index contributed by atoms with van der Waals surface area (Å²) in [6.07, 6.45) is 1.62. The summed E-state index contributed by atoms with van der Waals surface area (Å²) in [5, 5.41) is 17.4. The van der Waals surface area contributed by atoms with Gasteiger partial charge in [0.1, 0.15) is 5.60 Å². The van der Waals surface area contributed by atoms with Crippen LogP contribution < -0.4 is 0 Å². The first kappa shape index (κ1) is 9.60. The molecule has 1 unspecified atom stereocenters. The molecule has 1 N–H and O–H groups in total. The highest BCUT2D eigenvalue weighted by atomic mass is 32.2. The summed E-state index contributed by atoms with van der Waals surface area (Å²) in [4.78, 5) is 0. The van der Waals surface area contributed by atoms with Crippen LogP contribution in [0.5, 0.6) is 0 Å². The van der Waals surface area contributed by atoms with Crippen molar-refractivity contribution in [3.63, 3.8) is 0 Å². The molecule has 1 atom stereocenters. The molecule has 0 spiro atoms. The van der Waals surface area contributed by atoms with Crippen LogP contribution in [-0.4, -0.2) is 40.0 Å². The fraction of sp³-hybridized carbons (Fsp3) is 0.714. The highest BCUT2D eigenvalue weighted by Crippen LogP contribution is 2.32. The zero-order valence-electron chi connectivity index (χ0n) is 7.71. The molecule has 2 rings (SSSR count). The average Bonchev–Trinajstić information content (AvgIpc) is 2.57. The first-order valence-corrected chi connectivity index (χ1v) is 6.03. The second kappa shape index (κ2) is 2.77. The molecule has 0 aromatic carbocycles. The van der Waals surface area contributed by atoms with E-state index >= 15 is 0 Å². The summed E-state index contributed by atoms with van der Waals surface area (Å²) in [6, 6.07) is 0. The van der Waals surface area contributed by atoms with Gasteiger partial charge in [-0.2, -0.15) is 0 Å². The van der Waals surface area contributed by atoms with Gasteiger partial charge in [-0.3, -0.25) is 0 Å².